The van der Waals surface area contributed by atoms with Crippen molar-refractivity contribution in [3.63, 3.8) is 0 Å². The molecule has 1 heterocycles. The molecule has 1 aliphatic heterocycles. The average molecular weight is 374 g/mol. The van der Waals surface area contributed by atoms with E-state index in [0.717, 1.165) is 6.07 Å². The van der Waals surface area contributed by atoms with E-state index in [1.807, 2.05) is 0 Å². The minimum Gasteiger partial charge on any atom is -0.323 e. The quantitative estimate of drug-likeness (QED) is 0.829. The number of hydrogen-bond acceptors (Lipinski definition) is 2. The Bertz CT molecular complexity index is 929. The van der Waals surface area contributed by atoms with Gasteiger partial charge in [0.2, 0.25) is 11.8 Å². The van der Waals surface area contributed by atoms with Crippen LogP contribution in [-0.2, 0) is 9.59 Å². The van der Waals surface area contributed by atoms with Crippen LogP contribution in [-0.4, -0.2) is 23.3 Å². The first-order chi connectivity index (χ1) is 12.8. The molecule has 1 fully saturated rings. The Hall–Kier alpha value is -3.09. The highest BCUT2D eigenvalue weighted by molar-refractivity contribution is 6.08. The number of hydrogen-bond donors (Lipinski definition) is 1. The van der Waals surface area contributed by atoms with Gasteiger partial charge in [-0.05, 0) is 42.4 Å². The molecule has 140 valence electrons. The van der Waals surface area contributed by atoms with Crippen LogP contribution in [0.2, 0.25) is 0 Å². The second kappa shape index (κ2) is 7.26. The van der Waals surface area contributed by atoms with Crippen LogP contribution in [0.4, 0.5) is 18.9 Å². The summed E-state index contributed by atoms with van der Waals surface area (Å²) in [5.74, 6) is -5.97. The molecule has 0 aliphatic carbocycles. The number of aryl methyl sites for hydroxylation is 1. The average Bonchev–Trinajstić information content (AvgIpc) is 2.98. The maximum Gasteiger partial charge on any atom is 0.239 e. The van der Waals surface area contributed by atoms with Crippen molar-refractivity contribution in [3.8, 4) is 0 Å². The molecule has 1 N–H and O–H groups in total. The van der Waals surface area contributed by atoms with Crippen molar-refractivity contribution >= 4 is 17.5 Å². The third kappa shape index (κ3) is 3.45. The van der Waals surface area contributed by atoms with Gasteiger partial charge in [-0.25, -0.2) is 13.2 Å². The van der Waals surface area contributed by atoms with E-state index in [2.05, 4.69) is 11.9 Å². The van der Waals surface area contributed by atoms with Crippen molar-refractivity contribution in [2.24, 2.45) is 5.92 Å². The lowest BCUT2D eigenvalue weighted by molar-refractivity contribution is -0.134. The minimum atomic E-state index is -1.22. The van der Waals surface area contributed by atoms with E-state index in [-0.39, 0.29) is 12.2 Å². The first kappa shape index (κ1) is 18.7. The minimum absolute atomic E-state index is 0.133. The molecule has 0 unspecified atom stereocenters. The highest BCUT2D eigenvalue weighted by Crippen LogP contribution is 2.35. The van der Waals surface area contributed by atoms with Crippen molar-refractivity contribution in [2.75, 3.05) is 11.9 Å². The highest BCUT2D eigenvalue weighted by Gasteiger charge is 2.45. The van der Waals surface area contributed by atoms with Gasteiger partial charge in [0, 0.05) is 12.5 Å². The smallest absolute Gasteiger partial charge is 0.239 e. The largest absolute Gasteiger partial charge is 0.323 e. The van der Waals surface area contributed by atoms with Crippen LogP contribution in [0.3, 0.4) is 0 Å². The van der Waals surface area contributed by atoms with E-state index in [1.165, 1.54) is 29.3 Å². The summed E-state index contributed by atoms with van der Waals surface area (Å²) < 4.78 is 41.2. The van der Waals surface area contributed by atoms with Crippen molar-refractivity contribution in [3.05, 3.63) is 77.8 Å². The molecule has 27 heavy (non-hydrogen) atoms. The number of anilines is 1. The Morgan fingerprint density at radius 1 is 1.22 bits per heavy atom. The Kier molecular flexibility index (Phi) is 5.03. The zero-order chi connectivity index (χ0) is 19.7. The lowest BCUT2D eigenvalue weighted by Gasteiger charge is -2.17. The standard InChI is InChI=1S/C20H17F3N2O2/c1-3-25-10-13(12-8-7-11(2)15(22)9-12)17(20(25)27)19(26)24-16-6-4-5-14(21)18(16)23/h3-9,13,17H,1,10H2,2H3,(H,24,26)/t13-,17+/m1/s1. The third-order valence-corrected chi connectivity index (χ3v) is 4.68. The van der Waals surface area contributed by atoms with Crippen LogP contribution < -0.4 is 5.32 Å². The summed E-state index contributed by atoms with van der Waals surface area (Å²) in [4.78, 5) is 26.6. The lowest BCUT2D eigenvalue weighted by Crippen LogP contribution is -2.32. The van der Waals surface area contributed by atoms with E-state index < -0.39 is 41.1 Å². The number of benzene rings is 2. The number of rotatable bonds is 4. The van der Waals surface area contributed by atoms with Gasteiger partial charge in [0.05, 0.1) is 5.69 Å². The molecular formula is C20H17F3N2O2. The molecule has 2 amide bonds. The summed E-state index contributed by atoms with van der Waals surface area (Å²) in [6.45, 7) is 5.28. The molecule has 1 aliphatic rings. The number of carbonyl (C=O) groups excluding carboxylic acids is 2. The molecule has 7 heteroatoms. The van der Waals surface area contributed by atoms with Gasteiger partial charge >= 0.3 is 0 Å². The van der Waals surface area contributed by atoms with Crippen LogP contribution in [0.1, 0.15) is 17.0 Å². The van der Waals surface area contributed by atoms with Crippen molar-refractivity contribution in [2.45, 2.75) is 12.8 Å². The molecule has 2 aromatic rings. The van der Waals surface area contributed by atoms with Crippen LogP contribution in [0.5, 0.6) is 0 Å². The topological polar surface area (TPSA) is 49.4 Å². The fourth-order valence-corrected chi connectivity index (χ4v) is 3.17. The summed E-state index contributed by atoms with van der Waals surface area (Å²) in [5, 5.41) is 2.26. The molecule has 4 nitrogen and oxygen atoms in total. The van der Waals surface area contributed by atoms with Crippen molar-refractivity contribution < 1.29 is 22.8 Å². The number of halogens is 3. The fraction of sp³-hybridized carbons (Fsp3) is 0.200. The molecule has 0 spiro atoms. The van der Waals surface area contributed by atoms with Gasteiger partial charge < -0.3 is 10.2 Å². The first-order valence-corrected chi connectivity index (χ1v) is 8.27. The monoisotopic (exact) mass is 374 g/mol. The number of amides is 2. The molecule has 2 atom stereocenters. The van der Waals surface area contributed by atoms with Gasteiger partial charge in [-0.15, -0.1) is 0 Å². The second-order valence-electron chi connectivity index (χ2n) is 6.36. The zero-order valence-corrected chi connectivity index (χ0v) is 14.5. The first-order valence-electron chi connectivity index (χ1n) is 8.27. The Labute approximate surface area is 154 Å². The number of nitrogens with one attached hydrogen (secondary N) is 1. The molecule has 1 saturated heterocycles. The summed E-state index contributed by atoms with van der Waals surface area (Å²) >= 11 is 0. The third-order valence-electron chi connectivity index (χ3n) is 4.68. The van der Waals surface area contributed by atoms with E-state index in [9.17, 15) is 22.8 Å². The van der Waals surface area contributed by atoms with Gasteiger partial charge in [0.15, 0.2) is 11.6 Å². The maximum absolute atomic E-state index is 14.0. The van der Waals surface area contributed by atoms with Crippen molar-refractivity contribution in [1.82, 2.24) is 4.90 Å². The predicted octanol–water partition coefficient (Wildman–Crippen LogP) is 3.74. The van der Waals surface area contributed by atoms with E-state index in [4.69, 9.17) is 0 Å². The molecule has 0 saturated carbocycles. The number of likely N-dealkylation sites (tertiary alicyclic amines) is 1. The van der Waals surface area contributed by atoms with Crippen LogP contribution >= 0.6 is 0 Å². The summed E-state index contributed by atoms with van der Waals surface area (Å²) in [7, 11) is 0. The van der Waals surface area contributed by atoms with E-state index in [1.54, 1.807) is 19.1 Å². The fourth-order valence-electron chi connectivity index (χ4n) is 3.17. The van der Waals surface area contributed by atoms with Crippen LogP contribution in [0.15, 0.2) is 49.2 Å². The molecule has 0 radical (unpaired) electrons. The van der Waals surface area contributed by atoms with Gasteiger partial charge in [-0.3, -0.25) is 9.59 Å². The Morgan fingerprint density at radius 3 is 2.63 bits per heavy atom. The molecule has 3 rings (SSSR count). The second-order valence-corrected chi connectivity index (χ2v) is 6.36. The molecule has 0 bridgehead atoms. The number of carbonyl (C=O) groups is 2. The van der Waals surface area contributed by atoms with Gasteiger partial charge in [0.1, 0.15) is 11.7 Å². The Balaban J connectivity index is 1.94. The zero-order valence-electron chi connectivity index (χ0n) is 14.5. The molecule has 2 aromatic carbocycles. The highest BCUT2D eigenvalue weighted by atomic mass is 19.2. The van der Waals surface area contributed by atoms with Gasteiger partial charge in [-0.1, -0.05) is 24.8 Å². The summed E-state index contributed by atoms with van der Waals surface area (Å²) in [6, 6.07) is 7.85. The van der Waals surface area contributed by atoms with E-state index in [0.29, 0.717) is 11.1 Å². The summed E-state index contributed by atoms with van der Waals surface area (Å²) in [6.07, 6.45) is 1.29. The van der Waals surface area contributed by atoms with Gasteiger partial charge in [-0.2, -0.15) is 0 Å². The van der Waals surface area contributed by atoms with E-state index >= 15 is 0 Å². The summed E-state index contributed by atoms with van der Waals surface area (Å²) in [5.41, 5.74) is 0.542. The number of nitrogens with zero attached hydrogens (tertiary/aromatic N) is 1. The Morgan fingerprint density at radius 2 is 1.96 bits per heavy atom. The van der Waals surface area contributed by atoms with Gasteiger partial charge in [0.25, 0.3) is 0 Å². The lowest BCUT2D eigenvalue weighted by atomic mass is 9.87. The SMILES string of the molecule is C=CN1C[C@H](c2ccc(C)c(F)c2)[C@@H](C(=O)Nc2cccc(F)c2F)C1=O. The normalized spacial score (nSPS) is 19.3. The molecule has 0 aromatic heterocycles. The predicted molar refractivity (Wildman–Crippen MR) is 94.3 cm³/mol. The van der Waals surface area contributed by atoms with Crippen LogP contribution in [0.25, 0.3) is 0 Å². The molecular weight excluding hydrogens is 357 g/mol. The maximum atomic E-state index is 14.0. The van der Waals surface area contributed by atoms with Crippen LogP contribution in [0, 0.1) is 30.3 Å². The van der Waals surface area contributed by atoms with Crippen molar-refractivity contribution in [1.29, 1.82) is 0 Å².